The summed E-state index contributed by atoms with van der Waals surface area (Å²) in [7, 11) is -3.62. The third kappa shape index (κ3) is 2.52. The largest absolute Gasteiger partial charge is 0.329 e. The van der Waals surface area contributed by atoms with E-state index in [9.17, 15) is 8.42 Å². The van der Waals surface area contributed by atoms with Crippen LogP contribution >= 0.6 is 0 Å². The second kappa shape index (κ2) is 4.05. The molecule has 6 N–H and O–H groups in total. The van der Waals surface area contributed by atoms with Crippen molar-refractivity contribution >= 4 is 10.0 Å². The minimum atomic E-state index is -3.62. The maximum Gasteiger partial charge on any atom is 0.238 e. The molecule has 14 heavy (non-hydrogen) atoms. The van der Waals surface area contributed by atoms with E-state index in [1.165, 1.54) is 12.1 Å². The van der Waals surface area contributed by atoms with Crippen molar-refractivity contribution in [2.45, 2.75) is 10.9 Å². The molecule has 78 valence electrons. The molecule has 0 amide bonds. The van der Waals surface area contributed by atoms with Gasteiger partial charge in [-0.15, -0.1) is 0 Å². The lowest BCUT2D eigenvalue weighted by molar-refractivity contribution is 0.597. The number of hydrogen-bond acceptors (Lipinski definition) is 4. The predicted octanol–water partition coefficient (Wildman–Crippen LogP) is -0.707. The zero-order chi connectivity index (χ0) is 10.8. The first-order chi connectivity index (χ1) is 6.45. The Kier molecular flexibility index (Phi) is 3.22. The van der Waals surface area contributed by atoms with Gasteiger partial charge in [-0.1, -0.05) is 12.1 Å². The van der Waals surface area contributed by atoms with Gasteiger partial charge in [0.05, 0.1) is 4.90 Å². The van der Waals surface area contributed by atoms with Gasteiger partial charge in [-0.05, 0) is 17.7 Å². The van der Waals surface area contributed by atoms with E-state index in [2.05, 4.69) is 0 Å². The van der Waals surface area contributed by atoms with E-state index >= 15 is 0 Å². The molecule has 0 aromatic heterocycles. The number of nitrogens with two attached hydrogens (primary N) is 3. The van der Waals surface area contributed by atoms with Crippen LogP contribution in [0.4, 0.5) is 0 Å². The Balaban J connectivity index is 3.01. The van der Waals surface area contributed by atoms with E-state index in [-0.39, 0.29) is 10.9 Å². The molecule has 6 heteroatoms. The van der Waals surface area contributed by atoms with Crippen molar-refractivity contribution in [3.05, 3.63) is 29.8 Å². The Labute approximate surface area is 82.9 Å². The lowest BCUT2D eigenvalue weighted by Crippen LogP contribution is -2.20. The first-order valence-electron chi connectivity index (χ1n) is 4.03. The molecule has 0 aliphatic heterocycles. The van der Waals surface area contributed by atoms with Crippen molar-refractivity contribution in [2.24, 2.45) is 16.6 Å². The summed E-state index contributed by atoms with van der Waals surface area (Å²) in [6, 6.07) is 5.78. The Bertz CT molecular complexity index is 399. The highest BCUT2D eigenvalue weighted by Crippen LogP contribution is 2.12. The average Bonchev–Trinajstić information content (AvgIpc) is 2.15. The quantitative estimate of drug-likeness (QED) is 0.618. The SMILES string of the molecule is NC[C@@H](N)c1ccc(S(N)(=O)=O)cc1. The van der Waals surface area contributed by atoms with Gasteiger partial charge in [-0.2, -0.15) is 0 Å². The zero-order valence-corrected chi connectivity index (χ0v) is 8.37. The van der Waals surface area contributed by atoms with Crippen molar-refractivity contribution in [2.75, 3.05) is 6.54 Å². The smallest absolute Gasteiger partial charge is 0.238 e. The molecule has 1 rings (SSSR count). The van der Waals surface area contributed by atoms with Crippen LogP contribution in [0, 0.1) is 0 Å². The van der Waals surface area contributed by atoms with E-state index in [1.807, 2.05) is 0 Å². The topological polar surface area (TPSA) is 112 Å². The van der Waals surface area contributed by atoms with Crippen molar-refractivity contribution < 1.29 is 8.42 Å². The molecule has 1 aromatic carbocycles. The molecule has 0 unspecified atom stereocenters. The van der Waals surface area contributed by atoms with Gasteiger partial charge < -0.3 is 11.5 Å². The summed E-state index contributed by atoms with van der Waals surface area (Å²) in [6.07, 6.45) is 0. The van der Waals surface area contributed by atoms with E-state index in [0.29, 0.717) is 6.54 Å². The van der Waals surface area contributed by atoms with Crippen LogP contribution in [0.25, 0.3) is 0 Å². The first-order valence-corrected chi connectivity index (χ1v) is 5.58. The van der Waals surface area contributed by atoms with Gasteiger partial charge >= 0.3 is 0 Å². The van der Waals surface area contributed by atoms with Crippen LogP contribution in [-0.4, -0.2) is 15.0 Å². The van der Waals surface area contributed by atoms with E-state index in [4.69, 9.17) is 16.6 Å². The number of rotatable bonds is 3. The summed E-state index contributed by atoms with van der Waals surface area (Å²) in [6.45, 7) is 0.314. The second-order valence-electron chi connectivity index (χ2n) is 2.96. The molecule has 0 aliphatic rings. The number of hydrogen-bond donors (Lipinski definition) is 3. The molecule has 0 aliphatic carbocycles. The van der Waals surface area contributed by atoms with Crippen LogP contribution in [0.5, 0.6) is 0 Å². The number of primary sulfonamides is 1. The van der Waals surface area contributed by atoms with Crippen molar-refractivity contribution in [1.82, 2.24) is 0 Å². The van der Waals surface area contributed by atoms with Crippen LogP contribution in [-0.2, 0) is 10.0 Å². The van der Waals surface area contributed by atoms with E-state index < -0.39 is 10.0 Å². The van der Waals surface area contributed by atoms with Crippen LogP contribution in [0.3, 0.4) is 0 Å². The predicted molar refractivity (Wildman–Crippen MR) is 53.8 cm³/mol. The molecule has 0 spiro atoms. The lowest BCUT2D eigenvalue weighted by atomic mass is 10.1. The summed E-state index contributed by atoms with van der Waals surface area (Å²) in [5, 5.41) is 4.93. The summed E-state index contributed by atoms with van der Waals surface area (Å²) >= 11 is 0. The second-order valence-corrected chi connectivity index (χ2v) is 4.52. The van der Waals surface area contributed by atoms with E-state index in [1.54, 1.807) is 12.1 Å². The number of benzene rings is 1. The average molecular weight is 215 g/mol. The molecule has 0 radical (unpaired) electrons. The highest BCUT2D eigenvalue weighted by atomic mass is 32.2. The Hall–Kier alpha value is -0.950. The molecular formula is C8H13N3O2S. The molecule has 1 atom stereocenters. The van der Waals surface area contributed by atoms with Crippen molar-refractivity contribution in [3.8, 4) is 0 Å². The standard InChI is InChI=1S/C8H13N3O2S/c9-5-8(10)6-1-3-7(4-2-6)14(11,12)13/h1-4,8H,5,9-10H2,(H2,11,12,13)/t8-/m1/s1. The third-order valence-corrected chi connectivity index (χ3v) is 2.82. The third-order valence-electron chi connectivity index (χ3n) is 1.89. The fourth-order valence-electron chi connectivity index (χ4n) is 1.04. The molecule has 0 bridgehead atoms. The molecule has 0 fully saturated rings. The highest BCUT2D eigenvalue weighted by molar-refractivity contribution is 7.89. The van der Waals surface area contributed by atoms with Gasteiger partial charge in [0.2, 0.25) is 10.0 Å². The maximum atomic E-state index is 10.9. The summed E-state index contributed by atoms with van der Waals surface area (Å²) < 4.78 is 21.8. The summed E-state index contributed by atoms with van der Waals surface area (Å²) in [5.41, 5.74) is 11.8. The van der Waals surface area contributed by atoms with Crippen molar-refractivity contribution in [1.29, 1.82) is 0 Å². The molecular weight excluding hydrogens is 202 g/mol. The Morgan fingerprint density at radius 2 is 1.71 bits per heavy atom. The van der Waals surface area contributed by atoms with Gasteiger partial charge in [0, 0.05) is 12.6 Å². The van der Waals surface area contributed by atoms with Gasteiger partial charge in [-0.3, -0.25) is 0 Å². The monoisotopic (exact) mass is 215 g/mol. The van der Waals surface area contributed by atoms with Crippen LogP contribution in [0.15, 0.2) is 29.2 Å². The summed E-state index contributed by atoms with van der Waals surface area (Å²) in [4.78, 5) is 0.0745. The lowest BCUT2D eigenvalue weighted by Gasteiger charge is -2.08. The minimum Gasteiger partial charge on any atom is -0.329 e. The van der Waals surface area contributed by atoms with E-state index in [0.717, 1.165) is 5.56 Å². The fourth-order valence-corrected chi connectivity index (χ4v) is 1.56. The molecule has 0 heterocycles. The normalized spacial score (nSPS) is 13.9. The van der Waals surface area contributed by atoms with Crippen LogP contribution in [0.2, 0.25) is 0 Å². The van der Waals surface area contributed by atoms with Crippen LogP contribution in [0.1, 0.15) is 11.6 Å². The first kappa shape index (κ1) is 11.1. The minimum absolute atomic E-state index is 0.0745. The molecule has 5 nitrogen and oxygen atoms in total. The zero-order valence-electron chi connectivity index (χ0n) is 7.55. The molecule has 1 aromatic rings. The molecule has 0 saturated heterocycles. The number of sulfonamides is 1. The van der Waals surface area contributed by atoms with Gasteiger partial charge in [-0.25, -0.2) is 13.6 Å². The Morgan fingerprint density at radius 3 is 2.07 bits per heavy atom. The van der Waals surface area contributed by atoms with Gasteiger partial charge in [0.15, 0.2) is 0 Å². The summed E-state index contributed by atoms with van der Waals surface area (Å²) in [5.74, 6) is 0. The van der Waals surface area contributed by atoms with Gasteiger partial charge in [0.1, 0.15) is 0 Å². The van der Waals surface area contributed by atoms with Crippen LogP contribution < -0.4 is 16.6 Å². The highest BCUT2D eigenvalue weighted by Gasteiger charge is 2.08. The van der Waals surface area contributed by atoms with Gasteiger partial charge in [0.25, 0.3) is 0 Å². The Morgan fingerprint density at radius 1 is 1.21 bits per heavy atom. The molecule has 0 saturated carbocycles. The maximum absolute atomic E-state index is 10.9. The fraction of sp³-hybridized carbons (Fsp3) is 0.250. The van der Waals surface area contributed by atoms with Crippen molar-refractivity contribution in [3.63, 3.8) is 0 Å².